The normalized spacial score (nSPS) is 18.2. The molecule has 25 heavy (non-hydrogen) atoms. The number of pyridine rings is 1. The molecule has 1 atom stereocenters. The monoisotopic (exact) mass is 348 g/mol. The van der Waals surface area contributed by atoms with Crippen molar-refractivity contribution < 1.29 is 23.1 Å². The van der Waals surface area contributed by atoms with Crippen molar-refractivity contribution in [1.82, 2.24) is 4.98 Å². The number of benzene rings is 1. The van der Waals surface area contributed by atoms with Crippen LogP contribution < -0.4 is 4.90 Å². The summed E-state index contributed by atoms with van der Waals surface area (Å²) in [5, 5.41) is 10.3. The highest BCUT2D eigenvalue weighted by molar-refractivity contribution is 6.15. The van der Waals surface area contributed by atoms with Crippen LogP contribution in [0.3, 0.4) is 0 Å². The second-order valence-electron chi connectivity index (χ2n) is 5.62. The van der Waals surface area contributed by atoms with Gasteiger partial charge in [0.15, 0.2) is 5.76 Å². The van der Waals surface area contributed by atoms with E-state index < -0.39 is 29.4 Å². The second kappa shape index (κ2) is 6.23. The summed E-state index contributed by atoms with van der Waals surface area (Å²) < 4.78 is 38.2. The van der Waals surface area contributed by atoms with Gasteiger partial charge in [-0.1, -0.05) is 25.1 Å². The SMILES string of the molecule is CCC1C(c2ccc(C(F)(F)F)cc2)=C(O)C(=O)N1c1ccccn1. The molecule has 0 bridgehead atoms. The van der Waals surface area contributed by atoms with Crippen LogP contribution in [0.25, 0.3) is 5.57 Å². The smallest absolute Gasteiger partial charge is 0.416 e. The molecule has 1 aromatic heterocycles. The average Bonchev–Trinajstić information content (AvgIpc) is 2.86. The summed E-state index contributed by atoms with van der Waals surface area (Å²) in [6, 6.07) is 8.98. The van der Waals surface area contributed by atoms with Crippen molar-refractivity contribution in [3.05, 3.63) is 65.5 Å². The van der Waals surface area contributed by atoms with Gasteiger partial charge in [-0.15, -0.1) is 0 Å². The molecule has 0 saturated heterocycles. The predicted molar refractivity (Wildman–Crippen MR) is 86.8 cm³/mol. The van der Waals surface area contributed by atoms with Gasteiger partial charge in [-0.05, 0) is 36.2 Å². The van der Waals surface area contributed by atoms with Gasteiger partial charge in [-0.2, -0.15) is 13.2 Å². The van der Waals surface area contributed by atoms with Gasteiger partial charge < -0.3 is 5.11 Å². The molecule has 1 aliphatic heterocycles. The highest BCUT2D eigenvalue weighted by Crippen LogP contribution is 2.38. The molecule has 0 saturated carbocycles. The van der Waals surface area contributed by atoms with Gasteiger partial charge in [0.05, 0.1) is 11.6 Å². The summed E-state index contributed by atoms with van der Waals surface area (Å²) in [5.41, 5.74) is -0.0914. The lowest BCUT2D eigenvalue weighted by atomic mass is 9.96. The number of alkyl halides is 3. The van der Waals surface area contributed by atoms with Gasteiger partial charge in [-0.25, -0.2) is 4.98 Å². The Labute approximate surface area is 142 Å². The van der Waals surface area contributed by atoms with E-state index in [1.807, 2.05) is 6.92 Å². The first-order valence-corrected chi connectivity index (χ1v) is 7.70. The molecule has 0 fully saturated rings. The quantitative estimate of drug-likeness (QED) is 0.905. The molecule has 1 amide bonds. The van der Waals surface area contributed by atoms with Crippen LogP contribution in [0, 0.1) is 0 Å². The highest BCUT2D eigenvalue weighted by atomic mass is 19.4. The van der Waals surface area contributed by atoms with Crippen molar-refractivity contribution in [2.24, 2.45) is 0 Å². The zero-order valence-corrected chi connectivity index (χ0v) is 13.3. The van der Waals surface area contributed by atoms with Crippen LogP contribution in [0.4, 0.5) is 19.0 Å². The van der Waals surface area contributed by atoms with Gasteiger partial charge in [0, 0.05) is 11.8 Å². The van der Waals surface area contributed by atoms with Crippen molar-refractivity contribution in [2.75, 3.05) is 4.90 Å². The summed E-state index contributed by atoms with van der Waals surface area (Å²) in [6.07, 6.45) is -2.43. The van der Waals surface area contributed by atoms with Crippen LogP contribution in [-0.2, 0) is 11.0 Å². The van der Waals surface area contributed by atoms with Crippen LogP contribution >= 0.6 is 0 Å². The van der Waals surface area contributed by atoms with E-state index in [1.165, 1.54) is 23.2 Å². The van der Waals surface area contributed by atoms with E-state index in [0.29, 0.717) is 23.4 Å². The lowest BCUT2D eigenvalue weighted by Gasteiger charge is -2.24. The number of nitrogens with zero attached hydrogens (tertiary/aromatic N) is 2. The number of aliphatic hydroxyl groups excluding tert-OH is 1. The number of amides is 1. The topological polar surface area (TPSA) is 53.4 Å². The summed E-state index contributed by atoms with van der Waals surface area (Å²) in [7, 11) is 0. The molecule has 1 aliphatic rings. The Morgan fingerprint density at radius 2 is 1.84 bits per heavy atom. The summed E-state index contributed by atoms with van der Waals surface area (Å²) >= 11 is 0. The molecule has 1 unspecified atom stereocenters. The largest absolute Gasteiger partial charge is 0.503 e. The van der Waals surface area contributed by atoms with Gasteiger partial charge >= 0.3 is 6.18 Å². The molecule has 2 aromatic rings. The Bertz CT molecular complexity index is 814. The fourth-order valence-electron chi connectivity index (χ4n) is 2.97. The molecule has 7 heteroatoms. The second-order valence-corrected chi connectivity index (χ2v) is 5.62. The van der Waals surface area contributed by atoms with E-state index in [1.54, 1.807) is 18.2 Å². The molecule has 3 rings (SSSR count). The van der Waals surface area contributed by atoms with Crippen LogP contribution in [0.1, 0.15) is 24.5 Å². The lowest BCUT2D eigenvalue weighted by molar-refractivity contribution is -0.137. The molecule has 2 heterocycles. The minimum absolute atomic E-state index is 0.312. The van der Waals surface area contributed by atoms with Crippen LogP contribution in [0.15, 0.2) is 54.4 Å². The zero-order valence-electron chi connectivity index (χ0n) is 13.3. The van der Waals surface area contributed by atoms with Crippen LogP contribution in [0.5, 0.6) is 0 Å². The number of hydrogen-bond donors (Lipinski definition) is 1. The van der Waals surface area contributed by atoms with Crippen molar-refractivity contribution >= 4 is 17.3 Å². The molecule has 130 valence electrons. The Balaban J connectivity index is 2.02. The van der Waals surface area contributed by atoms with E-state index in [2.05, 4.69) is 4.98 Å². The number of carbonyl (C=O) groups is 1. The highest BCUT2D eigenvalue weighted by Gasteiger charge is 2.40. The van der Waals surface area contributed by atoms with Crippen molar-refractivity contribution in [2.45, 2.75) is 25.6 Å². The third-order valence-electron chi connectivity index (χ3n) is 4.13. The van der Waals surface area contributed by atoms with Crippen molar-refractivity contribution in [3.63, 3.8) is 0 Å². The van der Waals surface area contributed by atoms with Crippen molar-refractivity contribution in [3.8, 4) is 0 Å². The van der Waals surface area contributed by atoms with Gasteiger partial charge in [-0.3, -0.25) is 9.69 Å². The number of carbonyl (C=O) groups excluding carboxylic acids is 1. The van der Waals surface area contributed by atoms with Gasteiger partial charge in [0.25, 0.3) is 5.91 Å². The lowest BCUT2D eigenvalue weighted by Crippen LogP contribution is -2.35. The molecule has 1 aromatic carbocycles. The Hall–Kier alpha value is -2.83. The van der Waals surface area contributed by atoms with Crippen LogP contribution in [0.2, 0.25) is 0 Å². The molecule has 0 aliphatic carbocycles. The van der Waals surface area contributed by atoms with E-state index in [0.717, 1.165) is 12.1 Å². The minimum Gasteiger partial charge on any atom is -0.503 e. The summed E-state index contributed by atoms with van der Waals surface area (Å²) in [4.78, 5) is 18.0. The number of hydrogen-bond acceptors (Lipinski definition) is 3. The number of halogens is 3. The van der Waals surface area contributed by atoms with Crippen molar-refractivity contribution in [1.29, 1.82) is 0 Å². The maximum absolute atomic E-state index is 12.7. The molecule has 0 radical (unpaired) electrons. The third-order valence-corrected chi connectivity index (χ3v) is 4.13. The fraction of sp³-hybridized carbons (Fsp3) is 0.222. The Morgan fingerprint density at radius 1 is 1.16 bits per heavy atom. The van der Waals surface area contributed by atoms with Gasteiger partial charge in [0.1, 0.15) is 5.82 Å². The molecular weight excluding hydrogens is 333 g/mol. The summed E-state index contributed by atoms with van der Waals surface area (Å²) in [6.45, 7) is 1.83. The minimum atomic E-state index is -4.44. The third kappa shape index (κ3) is 2.97. The number of anilines is 1. The maximum Gasteiger partial charge on any atom is 0.416 e. The predicted octanol–water partition coefficient (Wildman–Crippen LogP) is 4.19. The molecular formula is C18H15F3N2O2. The fourth-order valence-corrected chi connectivity index (χ4v) is 2.97. The average molecular weight is 348 g/mol. The Morgan fingerprint density at radius 3 is 2.36 bits per heavy atom. The zero-order chi connectivity index (χ0) is 18.2. The Kier molecular flexibility index (Phi) is 4.24. The van der Waals surface area contributed by atoms with E-state index in [-0.39, 0.29) is 0 Å². The number of rotatable bonds is 3. The summed E-state index contributed by atoms with van der Waals surface area (Å²) in [5.74, 6) is -0.689. The molecule has 1 N–H and O–H groups in total. The standard InChI is InChI=1S/C18H15F3N2O2/c1-2-13-15(11-6-8-12(9-7-11)18(19,20)21)16(24)17(25)23(13)14-5-3-4-10-22-14/h3-10,13,24H,2H2,1H3. The first-order chi connectivity index (χ1) is 11.8. The first kappa shape index (κ1) is 17.0. The van der Waals surface area contributed by atoms with E-state index in [9.17, 15) is 23.1 Å². The van der Waals surface area contributed by atoms with E-state index >= 15 is 0 Å². The number of aromatic nitrogens is 1. The first-order valence-electron chi connectivity index (χ1n) is 7.70. The van der Waals surface area contributed by atoms with Gasteiger partial charge in [0.2, 0.25) is 0 Å². The number of aliphatic hydroxyl groups is 1. The molecule has 0 spiro atoms. The maximum atomic E-state index is 12.7. The van der Waals surface area contributed by atoms with E-state index in [4.69, 9.17) is 0 Å². The van der Waals surface area contributed by atoms with Crippen LogP contribution in [-0.4, -0.2) is 22.0 Å². The molecule has 4 nitrogen and oxygen atoms in total.